The van der Waals surface area contributed by atoms with Gasteiger partial charge < -0.3 is 15.2 Å². The van der Waals surface area contributed by atoms with E-state index in [-0.39, 0.29) is 0 Å². The molecule has 0 aromatic heterocycles. The second-order valence-electron chi connectivity index (χ2n) is 1.85. The van der Waals surface area contributed by atoms with E-state index in [1.807, 2.05) is 0 Å². The van der Waals surface area contributed by atoms with E-state index in [0.29, 0.717) is 0 Å². The summed E-state index contributed by atoms with van der Waals surface area (Å²) < 4.78 is 34.3. The van der Waals surface area contributed by atoms with Crippen molar-refractivity contribution in [2.45, 2.75) is 19.0 Å². The number of halogens is 3. The third kappa shape index (κ3) is 6.22. The Balaban J connectivity index is 3.64. The molecule has 0 aliphatic rings. The molecule has 0 aliphatic heterocycles. The Kier molecular flexibility index (Phi) is 3.92. The van der Waals surface area contributed by atoms with Crippen LogP contribution in [0.2, 0.25) is 0 Å². The molecule has 11 heavy (non-hydrogen) atoms. The fraction of sp³-hybridized carbons (Fsp3) is 0.750. The number of rotatable bonds is 3. The Hall–Kier alpha value is -0.190. The second kappa shape index (κ2) is 3.99. The quantitative estimate of drug-likeness (QED) is 0.466. The lowest BCUT2D eigenvalue weighted by molar-refractivity contribution is -0.132. The van der Waals surface area contributed by atoms with Gasteiger partial charge in [-0.25, -0.2) is 0 Å². The summed E-state index contributed by atoms with van der Waals surface area (Å²) in [6, 6.07) is 0. The average Bonchev–Trinajstić information content (AvgIpc) is 1.80. The van der Waals surface area contributed by atoms with Crippen molar-refractivity contribution in [3.63, 3.8) is 0 Å². The van der Waals surface area contributed by atoms with Crippen LogP contribution in [0.4, 0.5) is 13.2 Å². The molecule has 0 saturated heterocycles. The highest BCUT2D eigenvalue weighted by molar-refractivity contribution is 7.64. The Morgan fingerprint density at radius 1 is 1.36 bits per heavy atom. The summed E-state index contributed by atoms with van der Waals surface area (Å²) in [6.45, 7) is 0. The normalized spacial score (nSPS) is 12.2. The highest BCUT2D eigenvalue weighted by Crippen LogP contribution is 2.30. The molecule has 0 amide bonds. The molecule has 0 spiro atoms. The molecule has 0 aromatic rings. The van der Waals surface area contributed by atoms with Gasteiger partial charge in [0.1, 0.15) is 0 Å². The van der Waals surface area contributed by atoms with Gasteiger partial charge in [0.15, 0.2) is 0 Å². The van der Waals surface area contributed by atoms with Crippen molar-refractivity contribution < 1.29 is 23.0 Å². The summed E-state index contributed by atoms with van der Waals surface area (Å²) >= 11 is 0. The predicted molar refractivity (Wildman–Crippen MR) is 34.4 cm³/mol. The highest BCUT2D eigenvalue weighted by Gasteiger charge is 2.28. The lowest BCUT2D eigenvalue weighted by Crippen LogP contribution is -2.09. The monoisotopic (exact) mass is 189 g/mol. The van der Waals surface area contributed by atoms with Crippen molar-refractivity contribution in [1.29, 1.82) is 5.41 Å². The smallest absolute Gasteiger partial charge is 0.346 e. The van der Waals surface area contributed by atoms with Crippen LogP contribution in [0.15, 0.2) is 0 Å². The maximum atomic E-state index is 11.4. The molecule has 0 unspecified atom stereocenters. The summed E-state index contributed by atoms with van der Waals surface area (Å²) in [5, 5.41) is 6.65. The summed E-state index contributed by atoms with van der Waals surface area (Å²) in [6.07, 6.45) is -6.15. The molecule has 0 fully saturated rings. The summed E-state index contributed by atoms with van der Waals surface area (Å²) in [4.78, 5) is 16.5. The van der Waals surface area contributed by atoms with E-state index < -0.39 is 32.8 Å². The third-order valence-electron chi connectivity index (χ3n) is 0.887. The molecule has 0 aromatic carbocycles. The number of hydrogen-bond acceptors (Lipinski definition) is 3. The zero-order valence-electron chi connectivity index (χ0n) is 5.39. The Bertz CT molecular complexity index is 147. The maximum Gasteiger partial charge on any atom is 0.389 e. The molecule has 0 radical (unpaired) electrons. The first-order valence-electron chi connectivity index (χ1n) is 2.65. The van der Waals surface area contributed by atoms with E-state index in [1.165, 1.54) is 0 Å². The minimum absolute atomic E-state index is 0.637. The minimum Gasteiger partial charge on any atom is -0.346 e. The van der Waals surface area contributed by atoms with Gasteiger partial charge in [-0.05, 0) is 0 Å². The fourth-order valence-corrected chi connectivity index (χ4v) is 0.672. The van der Waals surface area contributed by atoms with Crippen LogP contribution in [-0.2, 0) is 0 Å². The minimum atomic E-state index is -4.34. The van der Waals surface area contributed by atoms with Gasteiger partial charge in [0.05, 0.1) is 5.45 Å². The van der Waals surface area contributed by atoms with E-state index >= 15 is 0 Å². The molecule has 0 atom stereocenters. The Labute approximate surface area is 62.3 Å². The van der Waals surface area contributed by atoms with Crippen molar-refractivity contribution >= 4 is 13.8 Å². The first kappa shape index (κ1) is 10.8. The van der Waals surface area contributed by atoms with Gasteiger partial charge in [0.2, 0.25) is 8.38 Å². The molecule has 0 aliphatic carbocycles. The Morgan fingerprint density at radius 2 is 1.82 bits per heavy atom. The number of hydrogen-bond donors (Lipinski definition) is 3. The van der Waals surface area contributed by atoms with Crippen LogP contribution < -0.4 is 0 Å². The van der Waals surface area contributed by atoms with Crippen molar-refractivity contribution in [2.24, 2.45) is 0 Å². The van der Waals surface area contributed by atoms with Crippen LogP contribution >= 0.6 is 8.38 Å². The van der Waals surface area contributed by atoms with Crippen LogP contribution in [0.25, 0.3) is 0 Å². The van der Waals surface area contributed by atoms with Gasteiger partial charge in [-0.1, -0.05) is 0 Å². The fourth-order valence-electron chi connectivity index (χ4n) is 0.360. The SMILES string of the molecule is N=C(CCC(F)(F)F)P(O)O. The van der Waals surface area contributed by atoms with Crippen molar-refractivity contribution in [2.75, 3.05) is 0 Å². The van der Waals surface area contributed by atoms with Crippen LogP contribution in [0.5, 0.6) is 0 Å². The van der Waals surface area contributed by atoms with E-state index in [0.717, 1.165) is 0 Å². The molecular weight excluding hydrogens is 182 g/mol. The van der Waals surface area contributed by atoms with Gasteiger partial charge in [0.25, 0.3) is 0 Å². The Morgan fingerprint density at radius 3 is 2.09 bits per heavy atom. The van der Waals surface area contributed by atoms with Crippen molar-refractivity contribution in [1.82, 2.24) is 0 Å². The van der Waals surface area contributed by atoms with E-state index in [9.17, 15) is 13.2 Å². The van der Waals surface area contributed by atoms with Crippen LogP contribution in [0.3, 0.4) is 0 Å². The van der Waals surface area contributed by atoms with Crippen molar-refractivity contribution in [3.05, 3.63) is 0 Å². The zero-order chi connectivity index (χ0) is 9.07. The van der Waals surface area contributed by atoms with Gasteiger partial charge >= 0.3 is 6.18 Å². The first-order valence-corrected chi connectivity index (χ1v) is 3.89. The van der Waals surface area contributed by atoms with E-state index in [1.54, 1.807) is 0 Å². The highest BCUT2D eigenvalue weighted by atomic mass is 31.2. The van der Waals surface area contributed by atoms with Gasteiger partial charge in [0, 0.05) is 12.8 Å². The van der Waals surface area contributed by atoms with Crippen LogP contribution in [0, 0.1) is 5.41 Å². The maximum absolute atomic E-state index is 11.4. The molecular formula is C4H7F3NO2P. The molecule has 0 rings (SSSR count). The first-order chi connectivity index (χ1) is 4.83. The topological polar surface area (TPSA) is 64.3 Å². The van der Waals surface area contributed by atoms with E-state index in [4.69, 9.17) is 15.2 Å². The zero-order valence-corrected chi connectivity index (χ0v) is 6.28. The van der Waals surface area contributed by atoms with Gasteiger partial charge in [-0.3, -0.25) is 0 Å². The molecule has 66 valence electrons. The van der Waals surface area contributed by atoms with Crippen molar-refractivity contribution in [3.8, 4) is 0 Å². The lowest BCUT2D eigenvalue weighted by atomic mass is 10.3. The van der Waals surface area contributed by atoms with E-state index in [2.05, 4.69) is 0 Å². The second-order valence-corrected chi connectivity index (χ2v) is 2.97. The summed E-state index contributed by atoms with van der Waals surface area (Å²) in [5.74, 6) is 0. The third-order valence-corrected chi connectivity index (χ3v) is 1.59. The molecule has 0 heterocycles. The molecule has 0 bridgehead atoms. The van der Waals surface area contributed by atoms with Gasteiger partial charge in [-0.15, -0.1) is 0 Å². The van der Waals surface area contributed by atoms with Crippen LogP contribution in [-0.4, -0.2) is 21.4 Å². The van der Waals surface area contributed by atoms with Gasteiger partial charge in [-0.2, -0.15) is 13.2 Å². The average molecular weight is 189 g/mol. The lowest BCUT2D eigenvalue weighted by Gasteiger charge is -2.06. The number of alkyl halides is 3. The summed E-state index contributed by atoms with van der Waals surface area (Å²) in [7, 11) is -2.63. The molecule has 0 saturated carbocycles. The number of nitrogens with one attached hydrogen (secondary N) is 1. The predicted octanol–water partition coefficient (Wildman–Crippen LogP) is 1.60. The summed E-state index contributed by atoms with van der Waals surface area (Å²) in [5.41, 5.74) is -0.655. The van der Waals surface area contributed by atoms with Crippen LogP contribution in [0.1, 0.15) is 12.8 Å². The largest absolute Gasteiger partial charge is 0.389 e. The molecule has 7 heteroatoms. The molecule has 3 nitrogen and oxygen atoms in total. The molecule has 3 N–H and O–H groups in total. The standard InChI is InChI=1S/C4H7F3NO2P/c5-4(6,7)2-1-3(8)11(9)10/h8-10H,1-2H2.